The molecule has 0 aliphatic rings. The third-order valence-corrected chi connectivity index (χ3v) is 14.0. The first kappa shape index (κ1) is 69.3. The number of benzene rings is 6. The molecular weight excluding hydrogens is 1330 g/mol. The Morgan fingerprint density at radius 1 is 0.416 bits per heavy atom. The molecule has 0 saturated heterocycles. The molecule has 0 amide bonds. The van der Waals surface area contributed by atoms with Gasteiger partial charge in [-0.25, -0.2) is 29.3 Å². The predicted octanol–water partition coefficient (Wildman–Crippen LogP) is 7.94. The van der Waals surface area contributed by atoms with Gasteiger partial charge in [-0.05, 0) is 91.0 Å². The summed E-state index contributed by atoms with van der Waals surface area (Å²) >= 11 is 0. The van der Waals surface area contributed by atoms with E-state index in [9.17, 15) is 85.3 Å². The molecule has 3 heterocycles. The zero-order chi connectivity index (χ0) is 64.0. The summed E-state index contributed by atoms with van der Waals surface area (Å²) in [6, 6.07) is 23.7. The largest absolute Gasteiger partial charge is 1.00 e. The summed E-state index contributed by atoms with van der Waals surface area (Å²) in [6.07, 6.45) is 0. The van der Waals surface area contributed by atoms with Gasteiger partial charge in [-0.3, -0.25) is 44.0 Å². The number of nitrogens with zero attached hydrogens (tertiary/aromatic N) is 15. The second-order valence-electron chi connectivity index (χ2n) is 17.3. The Morgan fingerprint density at radius 2 is 0.629 bits per heavy atom. The van der Waals surface area contributed by atoms with Crippen LogP contribution in [0.1, 0.15) is 21.4 Å². The second-order valence-corrected chi connectivity index (χ2v) is 21.5. The fourth-order valence-corrected chi connectivity index (χ4v) is 8.51. The molecule has 0 aliphatic carbocycles. The van der Waals surface area contributed by atoms with Crippen molar-refractivity contribution in [2.45, 2.75) is 35.5 Å². The van der Waals surface area contributed by atoms with Crippen molar-refractivity contribution in [3.63, 3.8) is 0 Å². The number of rotatable bonds is 15. The van der Waals surface area contributed by atoms with Crippen molar-refractivity contribution in [2.24, 2.45) is 30.7 Å². The van der Waals surface area contributed by atoms with Gasteiger partial charge in [-0.1, -0.05) is 37.9 Å². The van der Waals surface area contributed by atoms with Crippen LogP contribution in [0.15, 0.2) is 187 Å². The van der Waals surface area contributed by atoms with Crippen LogP contribution in [0.4, 0.5) is 51.2 Å². The van der Waals surface area contributed by atoms with Crippen LogP contribution in [0.5, 0.6) is 17.2 Å². The zero-order valence-corrected chi connectivity index (χ0v) is 49.2. The number of hydrogen-bond acceptors (Lipinski definition) is 27. The fourth-order valence-electron chi connectivity index (χ4n) is 7.07. The molecule has 0 unspecified atom stereocenters. The van der Waals surface area contributed by atoms with Crippen LogP contribution in [0.25, 0.3) is 17.1 Å². The Labute approximate surface area is 522 Å². The number of non-ortho nitro benzene ring substituents is 3. The van der Waals surface area contributed by atoms with Crippen LogP contribution in [-0.4, -0.2) is 98.3 Å². The summed E-state index contributed by atoms with van der Waals surface area (Å²) in [4.78, 5) is 67.1. The molecule has 41 heteroatoms. The Kier molecular flexibility index (Phi) is 21.7. The summed E-state index contributed by atoms with van der Waals surface area (Å²) in [5.41, 5.74) is -2.94. The quantitative estimate of drug-likeness (QED) is 0.0142. The van der Waals surface area contributed by atoms with Crippen molar-refractivity contribution in [3.05, 3.63) is 206 Å². The van der Waals surface area contributed by atoms with Crippen molar-refractivity contribution in [3.8, 4) is 34.3 Å². The molecule has 6 aromatic carbocycles. The number of aromatic nitrogens is 6. The molecular formula is C48H39Fe2N15O21S3. The maximum atomic E-state index is 12.6. The van der Waals surface area contributed by atoms with Gasteiger partial charge in [-0.15, -0.1) is 17.1 Å². The standard InChI is InChI=1S/3C16H12N5O7S.2Fe/c3*1-9-15(18-17-13-8-11(21(24)25)4-7-14(13)22)16(23)20(19-9)10-2-5-12(6-3-10)29(26,27)28;;/h3*2-8,22H,1H3,(H,26,27,28);;/q3*-1;;/p+3. The van der Waals surface area contributed by atoms with Gasteiger partial charge in [0.05, 0.1) is 46.5 Å². The smallest absolute Gasteiger partial charge is 0.506 e. The molecule has 0 saturated carbocycles. The van der Waals surface area contributed by atoms with E-state index < -0.39 is 61.8 Å². The molecule has 6 N–H and O–H groups in total. The van der Waals surface area contributed by atoms with E-state index in [1.807, 2.05) is 0 Å². The summed E-state index contributed by atoms with van der Waals surface area (Å²) in [7, 11) is -13.1. The van der Waals surface area contributed by atoms with Gasteiger partial charge in [-0.2, -0.15) is 40.6 Å². The zero-order valence-electron chi connectivity index (χ0n) is 47.6. The molecule has 0 atom stereocenters. The number of azo groups is 3. The van der Waals surface area contributed by atoms with Crippen LogP contribution in [0.3, 0.4) is 0 Å². The minimum atomic E-state index is -4.38. The van der Waals surface area contributed by atoms with E-state index in [1.165, 1.54) is 57.2 Å². The molecule has 89 heavy (non-hydrogen) atoms. The van der Waals surface area contributed by atoms with Gasteiger partial charge in [0, 0.05) is 70.5 Å². The minimum Gasteiger partial charge on any atom is -0.506 e. The monoisotopic (exact) mass is 1370 g/mol. The number of phenols is 3. The van der Waals surface area contributed by atoms with Crippen LogP contribution in [-0.2, 0) is 64.5 Å². The van der Waals surface area contributed by atoms with Crippen LogP contribution in [0, 0.1) is 51.1 Å². The van der Waals surface area contributed by atoms with Crippen LogP contribution < -0.4 is 16.7 Å². The third kappa shape index (κ3) is 16.5. The Balaban J connectivity index is 0.000000458. The first-order valence-corrected chi connectivity index (χ1v) is 27.8. The molecule has 0 radical (unpaired) electrons. The van der Waals surface area contributed by atoms with Crippen molar-refractivity contribution in [2.75, 3.05) is 0 Å². The number of phenolic OH excluding ortho intramolecular Hbond substituents is 3. The van der Waals surface area contributed by atoms with Gasteiger partial charge in [0.1, 0.15) is 51.0 Å². The topological polar surface area (TPSA) is 532 Å². The van der Waals surface area contributed by atoms with Crippen LogP contribution in [0.2, 0.25) is 0 Å². The van der Waals surface area contributed by atoms with Crippen molar-refractivity contribution >= 4 is 81.5 Å². The predicted molar refractivity (Wildman–Crippen MR) is 300 cm³/mol. The molecule has 0 fully saturated rings. The molecule has 0 bridgehead atoms. The summed E-state index contributed by atoms with van der Waals surface area (Å²) in [5.74, 6) is -1.09. The summed E-state index contributed by atoms with van der Waals surface area (Å²) in [6.45, 7) is 4.43. The molecule has 3 aromatic heterocycles. The molecule has 0 spiro atoms. The number of nitro groups is 3. The van der Waals surface area contributed by atoms with E-state index in [1.54, 1.807) is 0 Å². The Hall–Kier alpha value is -10.5. The average molecular weight is 1370 g/mol. The van der Waals surface area contributed by atoms with Gasteiger partial charge in [0.25, 0.3) is 47.4 Å². The van der Waals surface area contributed by atoms with E-state index in [0.29, 0.717) is 0 Å². The van der Waals surface area contributed by atoms with E-state index >= 15 is 0 Å². The summed E-state index contributed by atoms with van der Waals surface area (Å²) < 4.78 is 96.5. The number of aromatic hydroxyl groups is 3. The van der Waals surface area contributed by atoms with E-state index in [-0.39, 0.29) is 156 Å². The van der Waals surface area contributed by atoms with Crippen LogP contribution >= 0.6 is 0 Å². The maximum Gasteiger partial charge on any atom is 1.00 e. The van der Waals surface area contributed by atoms with Crippen molar-refractivity contribution in [1.82, 2.24) is 29.3 Å². The second kappa shape index (κ2) is 27.9. The average Bonchev–Trinajstić information content (AvgIpc) is 2.77. The van der Waals surface area contributed by atoms with Gasteiger partial charge >= 0.3 is 4.28 Å². The fraction of sp³-hybridized carbons (Fsp3) is 0.0625. The van der Waals surface area contributed by atoms with E-state index in [2.05, 4.69) is 46.0 Å². The van der Waals surface area contributed by atoms with Crippen molar-refractivity contribution < 1.29 is 107 Å². The Bertz CT molecular complexity index is 4390. The van der Waals surface area contributed by atoms with Crippen molar-refractivity contribution in [1.29, 1.82) is 0 Å². The minimum absolute atomic E-state index is 0. The Morgan fingerprint density at radius 3 is 0.820 bits per heavy atom. The first-order valence-electron chi connectivity index (χ1n) is 23.4. The number of hydrogen-bond donors (Lipinski definition) is 6. The normalized spacial score (nSPS) is 11.5. The molecule has 9 aromatic rings. The first-order chi connectivity index (χ1) is 40.7. The number of nitro benzene ring substituents is 3. The SMILES string of the molecule is Cc1nn(-c2ccc(S(=O)(=O)O)cc2)c(=O)[c-]1N=Nc1cc([N+](=O)[O-])ccc1O.Cc1nn(-c2ccc(S(=O)(=O)O)cc2)c(=O)[c-]1N=Nc1cc([N+](=O)[O-])ccc1O.Cc1nn(-c2ccc(S(=O)(=O)O)cc2)c(=O)[c-]1N=Nc1cc([N+](=O)[O-])ccc1O.[Fe].[Fe].[H+].[H+].[H+]. The summed E-state index contributed by atoms with van der Waals surface area (Å²) in [5, 5.41) is 96.2. The molecule has 466 valence electrons. The van der Waals surface area contributed by atoms with Gasteiger partial charge in [0.15, 0.2) is 0 Å². The molecule has 0 aliphatic heterocycles. The maximum absolute atomic E-state index is 12.6. The number of aryl methyl sites for hydroxylation is 3. The van der Waals surface area contributed by atoms with Gasteiger partial charge in [0.2, 0.25) is 0 Å². The third-order valence-electron chi connectivity index (χ3n) is 11.4. The molecule has 36 nitrogen and oxygen atoms in total. The van der Waals surface area contributed by atoms with E-state index in [4.69, 9.17) is 13.7 Å². The van der Waals surface area contributed by atoms with E-state index in [0.717, 1.165) is 105 Å². The molecule has 9 rings (SSSR count). The van der Waals surface area contributed by atoms with Gasteiger partial charge < -0.3 is 45.0 Å².